The van der Waals surface area contributed by atoms with Crippen molar-refractivity contribution in [3.63, 3.8) is 0 Å². The normalized spacial score (nSPS) is 13.2. The highest BCUT2D eigenvalue weighted by atomic mass is 35.5. The number of halogens is 1. The number of ether oxygens (including phenoxy) is 2. The molecule has 0 spiro atoms. The third-order valence-corrected chi connectivity index (χ3v) is 2.55. The van der Waals surface area contributed by atoms with Gasteiger partial charge in [-0.2, -0.15) is 0 Å². The summed E-state index contributed by atoms with van der Waals surface area (Å²) in [6.07, 6.45) is 0. The van der Waals surface area contributed by atoms with Gasteiger partial charge < -0.3 is 20.5 Å². The zero-order valence-electron chi connectivity index (χ0n) is 11.9. The zero-order chi connectivity index (χ0) is 14.1. The van der Waals surface area contributed by atoms with Crippen LogP contribution in [-0.4, -0.2) is 38.3 Å². The van der Waals surface area contributed by atoms with Gasteiger partial charge in [-0.3, -0.25) is 4.79 Å². The van der Waals surface area contributed by atoms with Gasteiger partial charge in [0.25, 0.3) is 0 Å². The Labute approximate surface area is 126 Å². The van der Waals surface area contributed by atoms with Crippen LogP contribution < -0.4 is 11.1 Å². The maximum Gasteiger partial charge on any atom is 0.239 e. The number of rotatable bonds is 8. The van der Waals surface area contributed by atoms with Crippen molar-refractivity contribution in [2.75, 3.05) is 20.3 Å². The number of nitrogens with one attached hydrogen (secondary N) is 1. The first-order chi connectivity index (χ1) is 9.13. The molecule has 1 amide bonds. The predicted octanol–water partition coefficient (Wildman–Crippen LogP) is 1.10. The summed E-state index contributed by atoms with van der Waals surface area (Å²) in [5.41, 5.74) is 6.73. The molecule has 0 radical (unpaired) electrons. The standard InChI is InChI=1S/C14H22N2O3.ClH/c1-11(16-14(17)13(15)10-18-2)8-19-9-12-6-4-3-5-7-12;/h3-7,11,13H,8-10,15H2,1-2H3,(H,16,17);1H. The van der Waals surface area contributed by atoms with Crippen molar-refractivity contribution in [2.24, 2.45) is 5.73 Å². The van der Waals surface area contributed by atoms with Crippen LogP contribution in [0.3, 0.4) is 0 Å². The summed E-state index contributed by atoms with van der Waals surface area (Å²) in [7, 11) is 1.51. The molecule has 1 aromatic carbocycles. The molecule has 0 heterocycles. The third kappa shape index (κ3) is 7.45. The number of carbonyl (C=O) groups is 1. The molecule has 0 aliphatic carbocycles. The summed E-state index contributed by atoms with van der Waals surface area (Å²) in [6.45, 7) is 3.07. The van der Waals surface area contributed by atoms with E-state index >= 15 is 0 Å². The molecule has 0 aliphatic heterocycles. The number of hydrogen-bond donors (Lipinski definition) is 2. The van der Waals surface area contributed by atoms with E-state index in [4.69, 9.17) is 15.2 Å². The van der Waals surface area contributed by atoms with E-state index in [0.717, 1.165) is 5.56 Å². The van der Waals surface area contributed by atoms with Gasteiger partial charge in [-0.1, -0.05) is 30.3 Å². The molecule has 1 rings (SSSR count). The third-order valence-electron chi connectivity index (χ3n) is 2.55. The molecule has 0 bridgehead atoms. The number of benzene rings is 1. The average Bonchev–Trinajstić information content (AvgIpc) is 2.40. The molecular weight excluding hydrogens is 280 g/mol. The van der Waals surface area contributed by atoms with Crippen molar-refractivity contribution in [2.45, 2.75) is 25.6 Å². The number of carbonyl (C=O) groups excluding carboxylic acids is 1. The molecule has 0 fully saturated rings. The molecule has 2 unspecified atom stereocenters. The minimum Gasteiger partial charge on any atom is -0.383 e. The molecule has 5 nitrogen and oxygen atoms in total. The van der Waals surface area contributed by atoms with Gasteiger partial charge >= 0.3 is 0 Å². The number of methoxy groups -OCH3 is 1. The summed E-state index contributed by atoms with van der Waals surface area (Å²) in [6, 6.07) is 9.17. The molecule has 1 aromatic rings. The highest BCUT2D eigenvalue weighted by molar-refractivity contribution is 5.85. The molecule has 6 heteroatoms. The lowest BCUT2D eigenvalue weighted by molar-refractivity contribution is -0.124. The predicted molar refractivity (Wildman–Crippen MR) is 80.8 cm³/mol. The highest BCUT2D eigenvalue weighted by Crippen LogP contribution is 2.00. The molecule has 0 aliphatic rings. The summed E-state index contributed by atoms with van der Waals surface area (Å²) in [5, 5.41) is 2.78. The van der Waals surface area contributed by atoms with E-state index in [0.29, 0.717) is 13.2 Å². The zero-order valence-corrected chi connectivity index (χ0v) is 12.7. The van der Waals surface area contributed by atoms with E-state index in [1.807, 2.05) is 37.3 Å². The van der Waals surface area contributed by atoms with Gasteiger partial charge in [-0.15, -0.1) is 12.4 Å². The molecule has 2 atom stereocenters. The van der Waals surface area contributed by atoms with Gasteiger partial charge in [0.2, 0.25) is 5.91 Å². The first-order valence-corrected chi connectivity index (χ1v) is 6.30. The molecule has 0 saturated heterocycles. The molecule has 114 valence electrons. The average molecular weight is 303 g/mol. The van der Waals surface area contributed by atoms with E-state index in [-0.39, 0.29) is 31.0 Å². The van der Waals surface area contributed by atoms with Crippen LogP contribution in [0, 0.1) is 0 Å². The van der Waals surface area contributed by atoms with E-state index in [2.05, 4.69) is 5.32 Å². The van der Waals surface area contributed by atoms with E-state index in [1.54, 1.807) is 0 Å². The Morgan fingerprint density at radius 1 is 1.30 bits per heavy atom. The van der Waals surface area contributed by atoms with Gasteiger partial charge in [0.15, 0.2) is 0 Å². The maximum absolute atomic E-state index is 11.6. The minimum atomic E-state index is -0.637. The Kier molecular flexibility index (Phi) is 10.0. The molecule has 3 N–H and O–H groups in total. The molecule has 20 heavy (non-hydrogen) atoms. The second-order valence-electron chi connectivity index (χ2n) is 4.47. The topological polar surface area (TPSA) is 73.6 Å². The van der Waals surface area contributed by atoms with Gasteiger partial charge in [-0.25, -0.2) is 0 Å². The quantitative estimate of drug-likeness (QED) is 0.754. The fraction of sp³-hybridized carbons (Fsp3) is 0.500. The van der Waals surface area contributed by atoms with Crippen LogP contribution in [0.5, 0.6) is 0 Å². The Bertz CT molecular complexity index is 376. The van der Waals surface area contributed by atoms with E-state index < -0.39 is 6.04 Å². The van der Waals surface area contributed by atoms with Gasteiger partial charge in [0.05, 0.1) is 19.8 Å². The molecule has 0 aromatic heterocycles. The Hall–Kier alpha value is -1.14. The fourth-order valence-corrected chi connectivity index (χ4v) is 1.57. The summed E-state index contributed by atoms with van der Waals surface area (Å²) >= 11 is 0. The monoisotopic (exact) mass is 302 g/mol. The number of hydrogen-bond acceptors (Lipinski definition) is 4. The minimum absolute atomic E-state index is 0. The molecule has 0 saturated carbocycles. The second-order valence-corrected chi connectivity index (χ2v) is 4.47. The summed E-state index contributed by atoms with van der Waals surface area (Å²) < 4.78 is 10.4. The van der Waals surface area contributed by atoms with Crippen LogP contribution in [0.2, 0.25) is 0 Å². The SMILES string of the molecule is COCC(N)C(=O)NC(C)COCc1ccccc1.Cl. The second kappa shape index (κ2) is 10.6. The van der Waals surface area contributed by atoms with Crippen LogP contribution >= 0.6 is 12.4 Å². The van der Waals surface area contributed by atoms with Crippen LogP contribution in [0.15, 0.2) is 30.3 Å². The van der Waals surface area contributed by atoms with Gasteiger partial charge in [-0.05, 0) is 12.5 Å². The Balaban J connectivity index is 0.00000361. The number of amides is 1. The van der Waals surface area contributed by atoms with Crippen LogP contribution in [0.4, 0.5) is 0 Å². The lowest BCUT2D eigenvalue weighted by atomic mass is 10.2. The van der Waals surface area contributed by atoms with Crippen molar-refractivity contribution in [1.82, 2.24) is 5.32 Å². The fourth-order valence-electron chi connectivity index (χ4n) is 1.57. The lowest BCUT2D eigenvalue weighted by Crippen LogP contribution is -2.47. The maximum atomic E-state index is 11.6. The molecular formula is C14H23ClN2O3. The van der Waals surface area contributed by atoms with E-state index in [9.17, 15) is 4.79 Å². The van der Waals surface area contributed by atoms with Crippen molar-refractivity contribution in [3.8, 4) is 0 Å². The Morgan fingerprint density at radius 3 is 2.55 bits per heavy atom. The largest absolute Gasteiger partial charge is 0.383 e. The summed E-state index contributed by atoms with van der Waals surface area (Å²) in [4.78, 5) is 11.6. The van der Waals surface area contributed by atoms with Crippen LogP contribution in [-0.2, 0) is 20.9 Å². The first-order valence-electron chi connectivity index (χ1n) is 6.30. The van der Waals surface area contributed by atoms with E-state index in [1.165, 1.54) is 7.11 Å². The smallest absolute Gasteiger partial charge is 0.239 e. The first kappa shape index (κ1) is 18.9. The van der Waals surface area contributed by atoms with Gasteiger partial charge in [0, 0.05) is 13.2 Å². The van der Waals surface area contributed by atoms with Crippen molar-refractivity contribution in [1.29, 1.82) is 0 Å². The highest BCUT2D eigenvalue weighted by Gasteiger charge is 2.15. The van der Waals surface area contributed by atoms with Gasteiger partial charge in [0.1, 0.15) is 6.04 Å². The van der Waals surface area contributed by atoms with Crippen molar-refractivity contribution >= 4 is 18.3 Å². The van der Waals surface area contributed by atoms with Crippen LogP contribution in [0.1, 0.15) is 12.5 Å². The summed E-state index contributed by atoms with van der Waals surface area (Å²) in [5.74, 6) is -0.224. The number of nitrogens with two attached hydrogens (primary N) is 1. The Morgan fingerprint density at radius 2 is 1.95 bits per heavy atom. The van der Waals surface area contributed by atoms with Crippen LogP contribution in [0.25, 0.3) is 0 Å². The van der Waals surface area contributed by atoms with Crippen molar-refractivity contribution in [3.05, 3.63) is 35.9 Å². The lowest BCUT2D eigenvalue weighted by Gasteiger charge is -2.17. The van der Waals surface area contributed by atoms with Crippen molar-refractivity contribution < 1.29 is 14.3 Å².